The predicted molar refractivity (Wildman–Crippen MR) is 100 cm³/mol. The van der Waals surface area contributed by atoms with Crippen LogP contribution in [0.3, 0.4) is 0 Å². The monoisotopic (exact) mass is 348 g/mol. The van der Waals surface area contributed by atoms with Crippen LogP contribution < -0.4 is 5.32 Å². The number of carbonyl (C=O) groups is 2. The van der Waals surface area contributed by atoms with Gasteiger partial charge >= 0.3 is 6.09 Å². The zero-order chi connectivity index (χ0) is 19.3. The maximum Gasteiger partial charge on any atom is 0.407 e. The van der Waals surface area contributed by atoms with Crippen LogP contribution in [-0.2, 0) is 21.6 Å². The van der Waals surface area contributed by atoms with Crippen molar-refractivity contribution < 1.29 is 14.3 Å². The van der Waals surface area contributed by atoms with Gasteiger partial charge in [0.2, 0.25) is 5.91 Å². The Labute approximate surface area is 151 Å². The number of alkyl carbamates (subject to hydrolysis) is 1. The highest BCUT2D eigenvalue weighted by Crippen LogP contribution is 2.22. The molecule has 0 saturated heterocycles. The molecule has 1 aromatic rings. The summed E-state index contributed by atoms with van der Waals surface area (Å²) in [4.78, 5) is 25.4. The van der Waals surface area contributed by atoms with Crippen molar-refractivity contribution in [3.8, 4) is 0 Å². The number of benzene rings is 1. The van der Waals surface area contributed by atoms with E-state index in [0.717, 1.165) is 5.56 Å². The van der Waals surface area contributed by atoms with Crippen molar-refractivity contribution in [3.63, 3.8) is 0 Å². The fourth-order valence-electron chi connectivity index (χ4n) is 2.30. The number of likely N-dealkylation sites (N-methyl/N-ethyl adjacent to an activating group) is 1. The average Bonchev–Trinajstić information content (AvgIpc) is 2.50. The highest BCUT2D eigenvalue weighted by molar-refractivity contribution is 5.81. The van der Waals surface area contributed by atoms with Crippen LogP contribution in [0.1, 0.15) is 52.7 Å². The molecule has 25 heavy (non-hydrogen) atoms. The molecule has 0 atom stereocenters. The minimum atomic E-state index is -0.475. The van der Waals surface area contributed by atoms with E-state index in [-0.39, 0.29) is 17.9 Å². The van der Waals surface area contributed by atoms with Crippen molar-refractivity contribution >= 4 is 12.0 Å². The number of ether oxygens (including phenoxy) is 1. The summed E-state index contributed by atoms with van der Waals surface area (Å²) < 4.78 is 5.21. The van der Waals surface area contributed by atoms with Gasteiger partial charge in [-0.15, -0.1) is 0 Å². The van der Waals surface area contributed by atoms with E-state index < -0.39 is 11.5 Å². The molecule has 0 aliphatic heterocycles. The first-order valence-electron chi connectivity index (χ1n) is 8.67. The van der Waals surface area contributed by atoms with Crippen LogP contribution in [0.15, 0.2) is 24.3 Å². The van der Waals surface area contributed by atoms with Gasteiger partial charge in [-0.1, -0.05) is 65.8 Å². The minimum absolute atomic E-state index is 0.0432. The standard InChI is InChI=1S/C20H32N2O3/c1-19(2,3)16-10-8-15(9-11-16)14-25-18(24)21-12-13-22(7)17(23)20(4,5)6/h8-11H,12-14H2,1-7H3,(H,21,24). The molecule has 0 bridgehead atoms. The van der Waals surface area contributed by atoms with Gasteiger partial charge in [0.1, 0.15) is 6.61 Å². The van der Waals surface area contributed by atoms with Crippen molar-refractivity contribution in [2.45, 2.75) is 53.6 Å². The van der Waals surface area contributed by atoms with E-state index in [9.17, 15) is 9.59 Å². The van der Waals surface area contributed by atoms with E-state index in [1.54, 1.807) is 11.9 Å². The average molecular weight is 348 g/mol. The van der Waals surface area contributed by atoms with Gasteiger partial charge in [0.05, 0.1) is 0 Å². The normalized spacial score (nSPS) is 11.8. The number of hydrogen-bond donors (Lipinski definition) is 1. The van der Waals surface area contributed by atoms with Crippen LogP contribution in [0, 0.1) is 5.41 Å². The second kappa shape index (κ2) is 8.37. The Morgan fingerprint density at radius 3 is 2.08 bits per heavy atom. The summed E-state index contributed by atoms with van der Waals surface area (Å²) in [5.74, 6) is 0.0432. The summed E-state index contributed by atoms with van der Waals surface area (Å²) >= 11 is 0. The quantitative estimate of drug-likeness (QED) is 0.882. The smallest absolute Gasteiger partial charge is 0.407 e. The first-order valence-corrected chi connectivity index (χ1v) is 8.67. The van der Waals surface area contributed by atoms with Crippen LogP contribution in [0.5, 0.6) is 0 Å². The Balaban J connectivity index is 2.35. The molecule has 0 unspecified atom stereocenters. The van der Waals surface area contributed by atoms with Crippen molar-refractivity contribution in [1.29, 1.82) is 0 Å². The molecule has 0 spiro atoms. The summed E-state index contributed by atoms with van der Waals surface area (Å²) in [6.07, 6.45) is -0.475. The molecule has 0 aromatic heterocycles. The van der Waals surface area contributed by atoms with E-state index in [4.69, 9.17) is 4.74 Å². The maximum absolute atomic E-state index is 12.0. The molecule has 1 aromatic carbocycles. The van der Waals surface area contributed by atoms with E-state index >= 15 is 0 Å². The molecule has 0 heterocycles. The summed E-state index contributed by atoms with van der Waals surface area (Å²) in [7, 11) is 1.73. The lowest BCUT2D eigenvalue weighted by atomic mass is 9.87. The molecule has 0 fully saturated rings. The molecular formula is C20H32N2O3. The van der Waals surface area contributed by atoms with E-state index in [0.29, 0.717) is 13.1 Å². The van der Waals surface area contributed by atoms with Gasteiger partial charge in [0.15, 0.2) is 0 Å². The van der Waals surface area contributed by atoms with E-state index in [2.05, 4.69) is 38.2 Å². The molecule has 1 N–H and O–H groups in total. The fraction of sp³-hybridized carbons (Fsp3) is 0.600. The lowest BCUT2D eigenvalue weighted by molar-refractivity contribution is -0.138. The molecule has 1 rings (SSSR count). The largest absolute Gasteiger partial charge is 0.445 e. The van der Waals surface area contributed by atoms with Crippen molar-refractivity contribution in [1.82, 2.24) is 10.2 Å². The lowest BCUT2D eigenvalue weighted by Gasteiger charge is -2.25. The van der Waals surface area contributed by atoms with Crippen LogP contribution in [0.25, 0.3) is 0 Å². The molecule has 0 aliphatic rings. The number of hydrogen-bond acceptors (Lipinski definition) is 3. The number of rotatable bonds is 5. The third kappa shape index (κ3) is 7.16. The van der Waals surface area contributed by atoms with Crippen molar-refractivity contribution in [2.24, 2.45) is 5.41 Å². The first kappa shape index (κ1) is 21.0. The zero-order valence-corrected chi connectivity index (χ0v) is 16.6. The summed E-state index contributed by atoms with van der Waals surface area (Å²) in [5.41, 5.74) is 1.87. The fourth-order valence-corrected chi connectivity index (χ4v) is 2.30. The maximum atomic E-state index is 12.0. The van der Waals surface area contributed by atoms with Crippen LogP contribution in [0.2, 0.25) is 0 Å². The summed E-state index contributed by atoms with van der Waals surface area (Å²) in [6, 6.07) is 8.07. The van der Waals surface area contributed by atoms with E-state index in [1.807, 2.05) is 32.9 Å². The van der Waals surface area contributed by atoms with E-state index in [1.165, 1.54) is 5.56 Å². The third-order valence-corrected chi connectivity index (χ3v) is 3.89. The molecular weight excluding hydrogens is 316 g/mol. The van der Waals surface area contributed by atoms with Gasteiger partial charge in [-0.05, 0) is 16.5 Å². The highest BCUT2D eigenvalue weighted by atomic mass is 16.5. The Hall–Kier alpha value is -2.04. The second-order valence-corrected chi connectivity index (χ2v) is 8.43. The minimum Gasteiger partial charge on any atom is -0.445 e. The van der Waals surface area contributed by atoms with Gasteiger partial charge in [-0.2, -0.15) is 0 Å². The Bertz CT molecular complexity index is 580. The van der Waals surface area contributed by atoms with Gasteiger partial charge in [-0.3, -0.25) is 4.79 Å². The van der Waals surface area contributed by atoms with Gasteiger partial charge in [0, 0.05) is 25.6 Å². The SMILES string of the molecule is CN(CCNC(=O)OCc1ccc(C(C)(C)C)cc1)C(=O)C(C)(C)C. The van der Waals surface area contributed by atoms with Crippen molar-refractivity contribution in [3.05, 3.63) is 35.4 Å². The van der Waals surface area contributed by atoms with Gasteiger partial charge < -0.3 is 15.0 Å². The molecule has 140 valence electrons. The Morgan fingerprint density at radius 1 is 1.04 bits per heavy atom. The highest BCUT2D eigenvalue weighted by Gasteiger charge is 2.24. The zero-order valence-electron chi connectivity index (χ0n) is 16.6. The third-order valence-electron chi connectivity index (χ3n) is 3.89. The molecule has 5 heteroatoms. The van der Waals surface area contributed by atoms with Crippen LogP contribution in [-0.4, -0.2) is 37.0 Å². The number of carbonyl (C=O) groups excluding carboxylic acids is 2. The van der Waals surface area contributed by atoms with Crippen LogP contribution in [0.4, 0.5) is 4.79 Å². The van der Waals surface area contributed by atoms with Crippen molar-refractivity contribution in [2.75, 3.05) is 20.1 Å². The first-order chi connectivity index (χ1) is 11.4. The molecule has 0 saturated carbocycles. The Morgan fingerprint density at radius 2 is 1.60 bits per heavy atom. The van der Waals surface area contributed by atoms with Gasteiger partial charge in [0.25, 0.3) is 0 Å². The second-order valence-electron chi connectivity index (χ2n) is 8.43. The van der Waals surface area contributed by atoms with Crippen LogP contribution >= 0.6 is 0 Å². The molecule has 0 aliphatic carbocycles. The number of nitrogens with zero attached hydrogens (tertiary/aromatic N) is 1. The number of amides is 2. The van der Waals surface area contributed by atoms with Gasteiger partial charge in [-0.25, -0.2) is 4.79 Å². The molecule has 5 nitrogen and oxygen atoms in total. The summed E-state index contributed by atoms with van der Waals surface area (Å²) in [6.45, 7) is 13.1. The lowest BCUT2D eigenvalue weighted by Crippen LogP contribution is -2.41. The predicted octanol–water partition coefficient (Wildman–Crippen LogP) is 3.71. The topological polar surface area (TPSA) is 58.6 Å². The summed E-state index contributed by atoms with van der Waals surface area (Å²) in [5, 5.41) is 2.67. The Kier molecular flexibility index (Phi) is 7.03. The molecule has 2 amide bonds. The molecule has 0 radical (unpaired) electrons. The number of nitrogens with one attached hydrogen (secondary N) is 1.